The predicted molar refractivity (Wildman–Crippen MR) is 107 cm³/mol. The number of fused-ring (bicyclic) bond motifs is 1. The lowest BCUT2D eigenvalue weighted by molar-refractivity contribution is -0.387. The number of nitro groups is 1. The third kappa shape index (κ3) is 3.77. The number of hydrogen-bond acceptors (Lipinski definition) is 6. The Kier molecular flexibility index (Phi) is 5.00. The first-order chi connectivity index (χ1) is 14.3. The van der Waals surface area contributed by atoms with Gasteiger partial charge in [0, 0.05) is 24.8 Å². The van der Waals surface area contributed by atoms with Gasteiger partial charge in [0.2, 0.25) is 0 Å². The molecule has 2 heterocycles. The highest BCUT2D eigenvalue weighted by atomic mass is 32.2. The molecule has 0 aliphatic carbocycles. The summed E-state index contributed by atoms with van der Waals surface area (Å²) in [5.41, 5.74) is 1.56. The highest BCUT2D eigenvalue weighted by Crippen LogP contribution is 2.28. The molecule has 0 radical (unpaired) electrons. The largest absolute Gasteiger partial charge is 0.459 e. The maximum Gasteiger partial charge on any atom is 0.289 e. The summed E-state index contributed by atoms with van der Waals surface area (Å²) in [7, 11) is -4.17. The van der Waals surface area contributed by atoms with Gasteiger partial charge in [-0.15, -0.1) is 0 Å². The zero-order chi connectivity index (χ0) is 21.3. The Balaban J connectivity index is 1.59. The number of nitrogens with one attached hydrogen (secondary N) is 1. The van der Waals surface area contributed by atoms with Gasteiger partial charge in [0.1, 0.15) is 0 Å². The van der Waals surface area contributed by atoms with Gasteiger partial charge >= 0.3 is 0 Å². The molecule has 154 valence electrons. The molecule has 2 aromatic carbocycles. The summed E-state index contributed by atoms with van der Waals surface area (Å²) in [6.45, 7) is 0.823. The van der Waals surface area contributed by atoms with Crippen molar-refractivity contribution in [1.29, 1.82) is 0 Å². The van der Waals surface area contributed by atoms with Crippen molar-refractivity contribution in [2.45, 2.75) is 17.9 Å². The van der Waals surface area contributed by atoms with Gasteiger partial charge in [-0.1, -0.05) is 18.2 Å². The summed E-state index contributed by atoms with van der Waals surface area (Å²) in [5.74, 6) is 0.00300. The van der Waals surface area contributed by atoms with Gasteiger partial charge in [0.15, 0.2) is 10.7 Å². The van der Waals surface area contributed by atoms with Crippen LogP contribution in [0, 0.1) is 10.1 Å². The molecule has 1 aromatic heterocycles. The number of para-hydroxylation sites is 1. The summed E-state index contributed by atoms with van der Waals surface area (Å²) in [6.07, 6.45) is 2.06. The van der Waals surface area contributed by atoms with Crippen LogP contribution in [0.25, 0.3) is 0 Å². The molecule has 10 heteroatoms. The van der Waals surface area contributed by atoms with Crippen molar-refractivity contribution in [3.63, 3.8) is 0 Å². The van der Waals surface area contributed by atoms with E-state index in [0.29, 0.717) is 19.5 Å². The first kappa shape index (κ1) is 19.6. The SMILES string of the molecule is O=C(c1ccco1)N1CCc2ccc(NS(=O)(=O)c3ccccc3[N+](=O)[O-])cc2C1. The van der Waals surface area contributed by atoms with Crippen LogP contribution in [0.3, 0.4) is 0 Å². The fraction of sp³-hybridized carbons (Fsp3) is 0.150. The average Bonchev–Trinajstić information content (AvgIpc) is 3.27. The number of rotatable bonds is 5. The number of nitrogens with zero attached hydrogens (tertiary/aromatic N) is 2. The molecule has 0 fully saturated rings. The Bertz CT molecular complexity index is 1220. The fourth-order valence-electron chi connectivity index (χ4n) is 3.40. The molecule has 4 rings (SSSR count). The van der Waals surface area contributed by atoms with Gasteiger partial charge in [0.05, 0.1) is 11.2 Å². The van der Waals surface area contributed by atoms with E-state index in [4.69, 9.17) is 4.42 Å². The Morgan fingerprint density at radius 2 is 1.90 bits per heavy atom. The number of carbonyl (C=O) groups is 1. The van der Waals surface area contributed by atoms with E-state index >= 15 is 0 Å². The Labute approximate surface area is 172 Å². The minimum absolute atomic E-state index is 0.239. The Morgan fingerprint density at radius 1 is 1.10 bits per heavy atom. The lowest BCUT2D eigenvalue weighted by atomic mass is 9.99. The lowest BCUT2D eigenvalue weighted by Gasteiger charge is -2.28. The zero-order valence-electron chi connectivity index (χ0n) is 15.6. The van der Waals surface area contributed by atoms with E-state index in [0.717, 1.165) is 17.2 Å². The summed E-state index contributed by atoms with van der Waals surface area (Å²) < 4.78 is 33.0. The summed E-state index contributed by atoms with van der Waals surface area (Å²) in [5, 5.41) is 11.2. The number of amides is 1. The van der Waals surface area contributed by atoms with Gasteiger partial charge in [0.25, 0.3) is 21.6 Å². The van der Waals surface area contributed by atoms with E-state index in [-0.39, 0.29) is 17.4 Å². The molecule has 0 unspecified atom stereocenters. The lowest BCUT2D eigenvalue weighted by Crippen LogP contribution is -2.35. The monoisotopic (exact) mass is 427 g/mol. The molecule has 9 nitrogen and oxygen atoms in total. The summed E-state index contributed by atoms with van der Waals surface area (Å²) >= 11 is 0. The molecule has 0 saturated heterocycles. The Hall–Kier alpha value is -3.66. The van der Waals surface area contributed by atoms with Crippen LogP contribution in [0.4, 0.5) is 11.4 Å². The van der Waals surface area contributed by atoms with Crippen molar-refractivity contribution in [2.24, 2.45) is 0 Å². The number of anilines is 1. The normalized spacial score (nSPS) is 13.5. The number of sulfonamides is 1. The minimum atomic E-state index is -4.17. The molecule has 1 amide bonds. The van der Waals surface area contributed by atoms with E-state index in [1.807, 2.05) is 0 Å². The quantitative estimate of drug-likeness (QED) is 0.493. The third-order valence-corrected chi connectivity index (χ3v) is 6.27. The molecule has 30 heavy (non-hydrogen) atoms. The van der Waals surface area contributed by atoms with E-state index in [1.54, 1.807) is 35.2 Å². The van der Waals surface area contributed by atoms with Crippen molar-refractivity contribution in [2.75, 3.05) is 11.3 Å². The third-order valence-electron chi connectivity index (χ3n) is 4.84. The van der Waals surface area contributed by atoms with Crippen molar-refractivity contribution in [1.82, 2.24) is 4.90 Å². The van der Waals surface area contributed by atoms with E-state index in [1.165, 1.54) is 24.5 Å². The van der Waals surface area contributed by atoms with E-state index in [2.05, 4.69) is 4.72 Å². The van der Waals surface area contributed by atoms with Crippen LogP contribution in [0.1, 0.15) is 21.7 Å². The van der Waals surface area contributed by atoms with E-state index in [9.17, 15) is 23.3 Å². The molecule has 0 atom stereocenters. The molecule has 1 aliphatic rings. The number of nitro benzene ring substituents is 1. The molecule has 1 aliphatic heterocycles. The Morgan fingerprint density at radius 3 is 2.63 bits per heavy atom. The van der Waals surface area contributed by atoms with Crippen molar-refractivity contribution in [3.8, 4) is 0 Å². The van der Waals surface area contributed by atoms with E-state index < -0.39 is 25.5 Å². The first-order valence-corrected chi connectivity index (χ1v) is 10.5. The minimum Gasteiger partial charge on any atom is -0.459 e. The average molecular weight is 427 g/mol. The van der Waals surface area contributed by atoms with Crippen molar-refractivity contribution < 1.29 is 22.6 Å². The number of furan rings is 1. The second-order valence-corrected chi connectivity index (χ2v) is 8.42. The molecular formula is C20H17N3O6S. The maximum absolute atomic E-state index is 12.7. The topological polar surface area (TPSA) is 123 Å². The van der Waals surface area contributed by atoms with Crippen molar-refractivity contribution in [3.05, 3.63) is 87.9 Å². The molecule has 0 spiro atoms. The summed E-state index contributed by atoms with van der Waals surface area (Å²) in [6, 6.07) is 13.4. The van der Waals surface area contributed by atoms with Crippen LogP contribution in [0.5, 0.6) is 0 Å². The molecule has 1 N–H and O–H groups in total. The van der Waals surface area contributed by atoms with Crippen LogP contribution in [0.15, 0.2) is 70.2 Å². The predicted octanol–water partition coefficient (Wildman–Crippen LogP) is 3.19. The first-order valence-electron chi connectivity index (χ1n) is 9.06. The number of carbonyl (C=O) groups excluding carboxylic acids is 1. The highest BCUT2D eigenvalue weighted by Gasteiger charge is 2.27. The number of benzene rings is 2. The molecular weight excluding hydrogens is 410 g/mol. The van der Waals surface area contributed by atoms with Gasteiger partial charge in [-0.3, -0.25) is 19.6 Å². The van der Waals surface area contributed by atoms with Crippen LogP contribution in [-0.2, 0) is 23.0 Å². The van der Waals surface area contributed by atoms with Crippen LogP contribution >= 0.6 is 0 Å². The maximum atomic E-state index is 12.7. The van der Waals surface area contributed by atoms with Gasteiger partial charge < -0.3 is 9.32 Å². The van der Waals surface area contributed by atoms with Crippen LogP contribution < -0.4 is 4.72 Å². The van der Waals surface area contributed by atoms with Gasteiger partial charge in [-0.25, -0.2) is 8.42 Å². The molecule has 0 saturated carbocycles. The second-order valence-electron chi connectivity index (χ2n) is 6.77. The smallest absolute Gasteiger partial charge is 0.289 e. The number of hydrogen-bond donors (Lipinski definition) is 1. The zero-order valence-corrected chi connectivity index (χ0v) is 16.5. The standard InChI is InChI=1S/C20H17N3O6S/c24-20(18-5-3-11-29-18)22-10-9-14-7-8-16(12-15(14)13-22)21-30(27,28)19-6-2-1-4-17(19)23(25)26/h1-8,11-12,21H,9-10,13H2. The second kappa shape index (κ2) is 7.64. The highest BCUT2D eigenvalue weighted by molar-refractivity contribution is 7.92. The molecule has 3 aromatic rings. The van der Waals surface area contributed by atoms with Crippen LogP contribution in [0.2, 0.25) is 0 Å². The van der Waals surface area contributed by atoms with Gasteiger partial charge in [-0.05, 0) is 47.9 Å². The fourth-order valence-corrected chi connectivity index (χ4v) is 4.62. The summed E-state index contributed by atoms with van der Waals surface area (Å²) in [4.78, 5) is 24.2. The van der Waals surface area contributed by atoms with Crippen LogP contribution in [-0.4, -0.2) is 30.7 Å². The molecule has 0 bridgehead atoms. The van der Waals surface area contributed by atoms with Crippen molar-refractivity contribution >= 4 is 27.3 Å². The van der Waals surface area contributed by atoms with Gasteiger partial charge in [-0.2, -0.15) is 0 Å².